The van der Waals surface area contributed by atoms with E-state index in [0.717, 1.165) is 16.7 Å². The van der Waals surface area contributed by atoms with Crippen molar-refractivity contribution in [2.24, 2.45) is 0 Å². The lowest BCUT2D eigenvalue weighted by Crippen LogP contribution is -1.81. The molecule has 1 nitrogen and oxygen atoms in total. The van der Waals surface area contributed by atoms with Gasteiger partial charge in [-0.05, 0) is 35.4 Å². The lowest BCUT2D eigenvalue weighted by Gasteiger charge is -2.01. The molecule has 84 valence electrons. The van der Waals surface area contributed by atoms with Gasteiger partial charge in [-0.2, -0.15) is 0 Å². The first-order chi connectivity index (χ1) is 8.29. The summed E-state index contributed by atoms with van der Waals surface area (Å²) in [5.41, 5.74) is 2.83. The normalized spacial score (nSPS) is 9.53. The first-order valence-corrected chi connectivity index (χ1v) is 5.25. The van der Waals surface area contributed by atoms with E-state index >= 15 is 0 Å². The van der Waals surface area contributed by atoms with Crippen LogP contribution in [0.3, 0.4) is 0 Å². The van der Waals surface area contributed by atoms with Crippen LogP contribution in [-0.4, -0.2) is 11.7 Å². The summed E-state index contributed by atoms with van der Waals surface area (Å²) >= 11 is 0. The average Bonchev–Trinajstić information content (AvgIpc) is 2.38. The Morgan fingerprint density at radius 2 is 1.41 bits per heavy atom. The number of hydrogen-bond donors (Lipinski definition) is 1. The molecular weight excluding hydrogens is 215 g/mol. The van der Waals surface area contributed by atoms with E-state index in [0.29, 0.717) is 0 Å². The minimum atomic E-state index is -0.237. The zero-order chi connectivity index (χ0) is 12.1. The topological polar surface area (TPSA) is 20.2 Å². The fraction of sp³-hybridized carbons (Fsp3) is 0.0667. The predicted molar refractivity (Wildman–Crippen MR) is 65.8 cm³/mol. The van der Waals surface area contributed by atoms with E-state index in [1.165, 1.54) is 12.1 Å². The number of halogens is 1. The second kappa shape index (κ2) is 5.29. The first kappa shape index (κ1) is 11.4. The van der Waals surface area contributed by atoms with Crippen molar-refractivity contribution in [2.75, 3.05) is 6.61 Å². The summed E-state index contributed by atoms with van der Waals surface area (Å²) in [6.07, 6.45) is 0. The molecule has 0 saturated carbocycles. The van der Waals surface area contributed by atoms with Gasteiger partial charge in [0.1, 0.15) is 12.4 Å². The van der Waals surface area contributed by atoms with Gasteiger partial charge >= 0.3 is 0 Å². The molecule has 0 aliphatic rings. The molecule has 0 aromatic heterocycles. The van der Waals surface area contributed by atoms with Gasteiger partial charge in [-0.3, -0.25) is 0 Å². The molecule has 0 aliphatic carbocycles. The van der Waals surface area contributed by atoms with E-state index in [2.05, 4.69) is 11.8 Å². The Hall–Kier alpha value is -2.11. The molecule has 2 aromatic rings. The minimum Gasteiger partial charge on any atom is -0.384 e. The smallest absolute Gasteiger partial charge is 0.123 e. The summed E-state index contributed by atoms with van der Waals surface area (Å²) in [7, 11) is 0. The van der Waals surface area contributed by atoms with E-state index in [-0.39, 0.29) is 12.4 Å². The lowest BCUT2D eigenvalue weighted by molar-refractivity contribution is 0.350. The van der Waals surface area contributed by atoms with Crippen molar-refractivity contribution in [1.29, 1.82) is 0 Å². The van der Waals surface area contributed by atoms with Crippen LogP contribution in [0, 0.1) is 17.7 Å². The van der Waals surface area contributed by atoms with Crippen LogP contribution < -0.4 is 0 Å². The predicted octanol–water partition coefficient (Wildman–Crippen LogP) is 2.84. The van der Waals surface area contributed by atoms with Gasteiger partial charge in [0.25, 0.3) is 0 Å². The largest absolute Gasteiger partial charge is 0.384 e. The minimum absolute atomic E-state index is 0.139. The SMILES string of the molecule is OCC#Cc1ccc(-c2ccc(F)cc2)cc1. The maximum Gasteiger partial charge on any atom is 0.123 e. The van der Waals surface area contributed by atoms with Gasteiger partial charge in [0.05, 0.1) is 0 Å². The molecule has 0 amide bonds. The van der Waals surface area contributed by atoms with Gasteiger partial charge in [-0.15, -0.1) is 0 Å². The summed E-state index contributed by atoms with van der Waals surface area (Å²) in [5, 5.41) is 8.58. The summed E-state index contributed by atoms with van der Waals surface area (Å²) < 4.78 is 12.8. The van der Waals surface area contributed by atoms with Crippen LogP contribution in [0.5, 0.6) is 0 Å². The molecule has 2 heteroatoms. The maximum absolute atomic E-state index is 12.8. The van der Waals surface area contributed by atoms with Gasteiger partial charge in [0, 0.05) is 5.56 Å². The van der Waals surface area contributed by atoms with Crippen LogP contribution in [0.15, 0.2) is 48.5 Å². The number of aliphatic hydroxyl groups excluding tert-OH is 1. The van der Waals surface area contributed by atoms with Crippen molar-refractivity contribution < 1.29 is 9.50 Å². The zero-order valence-corrected chi connectivity index (χ0v) is 9.15. The molecule has 0 atom stereocenters. The summed E-state index contributed by atoms with van der Waals surface area (Å²) in [6.45, 7) is -0.139. The van der Waals surface area contributed by atoms with Gasteiger partial charge in [-0.25, -0.2) is 4.39 Å². The highest BCUT2D eigenvalue weighted by Crippen LogP contribution is 2.19. The first-order valence-electron chi connectivity index (χ1n) is 5.25. The Balaban J connectivity index is 2.26. The Labute approximate surface area is 99.5 Å². The second-order valence-electron chi connectivity index (χ2n) is 3.54. The van der Waals surface area contributed by atoms with Crippen molar-refractivity contribution in [2.45, 2.75) is 0 Å². The van der Waals surface area contributed by atoms with E-state index in [1.807, 2.05) is 24.3 Å². The highest BCUT2D eigenvalue weighted by molar-refractivity contribution is 5.64. The highest BCUT2D eigenvalue weighted by Gasteiger charge is 1.97. The van der Waals surface area contributed by atoms with E-state index in [1.54, 1.807) is 12.1 Å². The van der Waals surface area contributed by atoms with Crippen molar-refractivity contribution in [3.8, 4) is 23.0 Å². The third kappa shape index (κ3) is 2.93. The quantitative estimate of drug-likeness (QED) is 0.741. The third-order valence-corrected chi connectivity index (χ3v) is 2.37. The molecule has 1 N–H and O–H groups in total. The van der Waals surface area contributed by atoms with Crippen molar-refractivity contribution in [1.82, 2.24) is 0 Å². The molecule has 0 fully saturated rings. The molecule has 2 aromatic carbocycles. The summed E-state index contributed by atoms with van der Waals surface area (Å²) in [4.78, 5) is 0. The fourth-order valence-corrected chi connectivity index (χ4v) is 1.53. The molecule has 0 aliphatic heterocycles. The molecular formula is C15H11FO. The highest BCUT2D eigenvalue weighted by atomic mass is 19.1. The molecule has 0 heterocycles. The van der Waals surface area contributed by atoms with Crippen molar-refractivity contribution in [3.63, 3.8) is 0 Å². The lowest BCUT2D eigenvalue weighted by atomic mass is 10.0. The Kier molecular flexibility index (Phi) is 3.54. The van der Waals surface area contributed by atoms with Gasteiger partial charge in [0.2, 0.25) is 0 Å². The average molecular weight is 226 g/mol. The van der Waals surface area contributed by atoms with Crippen LogP contribution in [0.4, 0.5) is 4.39 Å². The molecule has 2 rings (SSSR count). The fourth-order valence-electron chi connectivity index (χ4n) is 1.53. The number of rotatable bonds is 1. The Morgan fingerprint density at radius 3 is 1.94 bits per heavy atom. The second-order valence-corrected chi connectivity index (χ2v) is 3.54. The number of benzene rings is 2. The monoisotopic (exact) mass is 226 g/mol. The van der Waals surface area contributed by atoms with E-state index < -0.39 is 0 Å². The number of hydrogen-bond acceptors (Lipinski definition) is 1. The Morgan fingerprint density at radius 1 is 0.882 bits per heavy atom. The van der Waals surface area contributed by atoms with Gasteiger partial charge in [0.15, 0.2) is 0 Å². The number of aliphatic hydroxyl groups is 1. The maximum atomic E-state index is 12.8. The molecule has 0 unspecified atom stereocenters. The molecule has 0 bridgehead atoms. The Bertz CT molecular complexity index is 544. The van der Waals surface area contributed by atoms with Gasteiger partial charge < -0.3 is 5.11 Å². The van der Waals surface area contributed by atoms with E-state index in [9.17, 15) is 4.39 Å². The summed E-state index contributed by atoms with van der Waals surface area (Å²) in [6, 6.07) is 14.0. The standard InChI is InChI=1S/C15H11FO/c16-15-9-7-14(8-10-15)13-5-3-12(4-6-13)2-1-11-17/h3-10,17H,11H2. The van der Waals surface area contributed by atoms with Crippen molar-refractivity contribution >= 4 is 0 Å². The molecule has 0 radical (unpaired) electrons. The van der Waals surface area contributed by atoms with Crippen LogP contribution in [-0.2, 0) is 0 Å². The molecule has 0 saturated heterocycles. The molecule has 0 spiro atoms. The van der Waals surface area contributed by atoms with Crippen LogP contribution in [0.2, 0.25) is 0 Å². The van der Waals surface area contributed by atoms with Crippen LogP contribution in [0.1, 0.15) is 5.56 Å². The zero-order valence-electron chi connectivity index (χ0n) is 9.15. The van der Waals surface area contributed by atoms with E-state index in [4.69, 9.17) is 5.11 Å². The van der Waals surface area contributed by atoms with Crippen molar-refractivity contribution in [3.05, 3.63) is 59.9 Å². The van der Waals surface area contributed by atoms with Crippen LogP contribution >= 0.6 is 0 Å². The van der Waals surface area contributed by atoms with Gasteiger partial charge in [-0.1, -0.05) is 36.1 Å². The van der Waals surface area contributed by atoms with Crippen LogP contribution in [0.25, 0.3) is 11.1 Å². The third-order valence-electron chi connectivity index (χ3n) is 2.37. The summed E-state index contributed by atoms with van der Waals surface area (Å²) in [5.74, 6) is 5.17. The molecule has 17 heavy (non-hydrogen) atoms.